The van der Waals surface area contributed by atoms with Gasteiger partial charge in [-0.15, -0.1) is 0 Å². The molecular weight excluding hydrogens is 244 g/mol. The number of rotatable bonds is 3. The quantitative estimate of drug-likeness (QED) is 0.737. The van der Waals surface area contributed by atoms with Crippen molar-refractivity contribution in [2.45, 2.75) is 20.3 Å². The Morgan fingerprint density at radius 2 is 1.95 bits per heavy atom. The van der Waals surface area contributed by atoms with Gasteiger partial charge in [-0.2, -0.15) is 0 Å². The molecule has 0 unspecified atom stereocenters. The van der Waals surface area contributed by atoms with Crippen molar-refractivity contribution >= 4 is 0 Å². The molecular formula is C14H16N2O3. The number of nitrogens with zero attached hydrogens (tertiary/aromatic N) is 1. The van der Waals surface area contributed by atoms with Gasteiger partial charge in [-0.05, 0) is 30.5 Å². The average Bonchev–Trinajstić information content (AvgIpc) is 2.31. The van der Waals surface area contributed by atoms with Gasteiger partial charge >= 0.3 is 0 Å². The Bertz CT molecular complexity index is 647. The zero-order valence-electron chi connectivity index (χ0n) is 10.8. The Balaban J connectivity index is 2.46. The third-order valence-electron chi connectivity index (χ3n) is 2.66. The number of H-pyrrole nitrogens is 1. The van der Waals surface area contributed by atoms with Crippen molar-refractivity contribution in [3.8, 4) is 22.9 Å². The lowest BCUT2D eigenvalue weighted by molar-refractivity contribution is 0.404. The molecule has 0 aliphatic rings. The van der Waals surface area contributed by atoms with Crippen LogP contribution in [-0.4, -0.2) is 20.2 Å². The maximum Gasteiger partial charge on any atom is 0.251 e. The Morgan fingerprint density at radius 3 is 2.58 bits per heavy atom. The Kier molecular flexibility index (Phi) is 3.55. The lowest BCUT2D eigenvalue weighted by atomic mass is 10.1. The van der Waals surface area contributed by atoms with Gasteiger partial charge in [0.05, 0.1) is 0 Å². The highest BCUT2D eigenvalue weighted by atomic mass is 16.3. The fourth-order valence-corrected chi connectivity index (χ4v) is 1.84. The van der Waals surface area contributed by atoms with Gasteiger partial charge in [0.2, 0.25) is 0 Å². The minimum absolute atomic E-state index is 0.204. The van der Waals surface area contributed by atoms with Crippen LogP contribution in [0.3, 0.4) is 0 Å². The molecule has 3 N–H and O–H groups in total. The van der Waals surface area contributed by atoms with E-state index in [9.17, 15) is 15.0 Å². The minimum Gasteiger partial charge on any atom is -0.504 e. The maximum atomic E-state index is 11.6. The van der Waals surface area contributed by atoms with Crippen LogP contribution in [0, 0.1) is 5.92 Å². The van der Waals surface area contributed by atoms with Gasteiger partial charge in [-0.3, -0.25) is 4.79 Å². The molecule has 1 heterocycles. The molecule has 1 aromatic heterocycles. The van der Waals surface area contributed by atoms with Gasteiger partial charge < -0.3 is 15.2 Å². The smallest absolute Gasteiger partial charge is 0.251 e. The van der Waals surface area contributed by atoms with Crippen molar-refractivity contribution in [2.75, 3.05) is 0 Å². The highest BCUT2D eigenvalue weighted by molar-refractivity contribution is 5.60. The molecule has 0 aliphatic carbocycles. The molecule has 5 nitrogen and oxygen atoms in total. The maximum absolute atomic E-state index is 11.6. The Labute approximate surface area is 110 Å². The summed E-state index contributed by atoms with van der Waals surface area (Å²) in [7, 11) is 0. The summed E-state index contributed by atoms with van der Waals surface area (Å²) < 4.78 is 0. The van der Waals surface area contributed by atoms with Crippen molar-refractivity contribution in [1.82, 2.24) is 9.97 Å². The van der Waals surface area contributed by atoms with Gasteiger partial charge in [0, 0.05) is 17.3 Å². The zero-order valence-corrected chi connectivity index (χ0v) is 10.8. The third kappa shape index (κ3) is 3.13. The van der Waals surface area contributed by atoms with Gasteiger partial charge in [0.1, 0.15) is 5.82 Å². The predicted molar refractivity (Wildman–Crippen MR) is 72.2 cm³/mol. The average molecular weight is 260 g/mol. The molecule has 0 amide bonds. The van der Waals surface area contributed by atoms with Crippen molar-refractivity contribution in [3.63, 3.8) is 0 Å². The van der Waals surface area contributed by atoms with Crippen molar-refractivity contribution in [2.24, 2.45) is 5.92 Å². The van der Waals surface area contributed by atoms with E-state index in [1.807, 2.05) is 0 Å². The van der Waals surface area contributed by atoms with Crippen LogP contribution >= 0.6 is 0 Å². The third-order valence-corrected chi connectivity index (χ3v) is 2.66. The molecule has 0 atom stereocenters. The number of aromatic nitrogens is 2. The summed E-state index contributed by atoms with van der Waals surface area (Å²) in [6.07, 6.45) is 0.709. The number of benzene rings is 1. The van der Waals surface area contributed by atoms with Gasteiger partial charge in [-0.1, -0.05) is 13.8 Å². The number of phenols is 2. The van der Waals surface area contributed by atoms with Crippen LogP contribution in [0.5, 0.6) is 11.5 Å². The summed E-state index contributed by atoms with van der Waals surface area (Å²) >= 11 is 0. The molecule has 2 rings (SSSR count). The summed E-state index contributed by atoms with van der Waals surface area (Å²) in [5, 5.41) is 18.8. The van der Waals surface area contributed by atoms with E-state index in [1.54, 1.807) is 6.07 Å². The lowest BCUT2D eigenvalue weighted by Gasteiger charge is -2.07. The second kappa shape index (κ2) is 5.14. The molecule has 1 aromatic carbocycles. The number of aromatic amines is 1. The Morgan fingerprint density at radius 1 is 1.21 bits per heavy atom. The molecule has 0 saturated carbocycles. The van der Waals surface area contributed by atoms with Crippen LogP contribution in [0.15, 0.2) is 29.1 Å². The molecule has 19 heavy (non-hydrogen) atoms. The minimum atomic E-state index is -0.241. The first-order chi connectivity index (χ1) is 8.95. The summed E-state index contributed by atoms with van der Waals surface area (Å²) in [5.41, 5.74) is 1.03. The molecule has 0 fully saturated rings. The molecule has 2 aromatic rings. The van der Waals surface area contributed by atoms with Crippen LogP contribution in [-0.2, 0) is 6.42 Å². The molecule has 0 radical (unpaired) electrons. The second-order valence-electron chi connectivity index (χ2n) is 4.89. The molecule has 5 heteroatoms. The standard InChI is InChI=1S/C14H16N2O3/c1-8(2)5-10-7-13(19)16-14(15-10)9-3-4-11(17)12(18)6-9/h3-4,6-8,17-18H,5H2,1-2H3,(H,15,16,19). The first kappa shape index (κ1) is 13.1. The van der Waals surface area contributed by atoms with E-state index < -0.39 is 0 Å². The van der Waals surface area contributed by atoms with Gasteiger partial charge in [0.15, 0.2) is 11.5 Å². The summed E-state index contributed by atoms with van der Waals surface area (Å²) in [4.78, 5) is 18.6. The molecule has 0 aliphatic heterocycles. The highest BCUT2D eigenvalue weighted by Gasteiger charge is 2.08. The van der Waals surface area contributed by atoms with Crippen molar-refractivity contribution in [3.05, 3.63) is 40.3 Å². The van der Waals surface area contributed by atoms with Crippen molar-refractivity contribution in [1.29, 1.82) is 0 Å². The van der Waals surface area contributed by atoms with Crippen LogP contribution in [0.25, 0.3) is 11.4 Å². The fraction of sp³-hybridized carbons (Fsp3) is 0.286. The number of hydrogen-bond donors (Lipinski definition) is 3. The van der Waals surface area contributed by atoms with Crippen LogP contribution in [0.2, 0.25) is 0 Å². The fourth-order valence-electron chi connectivity index (χ4n) is 1.84. The van der Waals surface area contributed by atoms with Crippen molar-refractivity contribution < 1.29 is 10.2 Å². The van der Waals surface area contributed by atoms with Crippen LogP contribution in [0.4, 0.5) is 0 Å². The number of nitrogens with one attached hydrogen (secondary N) is 1. The van der Waals surface area contributed by atoms with E-state index in [0.717, 1.165) is 0 Å². The molecule has 0 saturated heterocycles. The van der Waals surface area contributed by atoms with Crippen LogP contribution in [0.1, 0.15) is 19.5 Å². The largest absolute Gasteiger partial charge is 0.504 e. The van der Waals surface area contributed by atoms with Gasteiger partial charge in [0.25, 0.3) is 5.56 Å². The first-order valence-electron chi connectivity index (χ1n) is 6.08. The topological polar surface area (TPSA) is 86.2 Å². The number of hydrogen-bond acceptors (Lipinski definition) is 4. The van der Waals surface area contributed by atoms with E-state index in [4.69, 9.17) is 0 Å². The number of aromatic hydroxyl groups is 2. The van der Waals surface area contributed by atoms with E-state index in [-0.39, 0.29) is 17.1 Å². The molecule has 0 bridgehead atoms. The van der Waals surface area contributed by atoms with Crippen LogP contribution < -0.4 is 5.56 Å². The van der Waals surface area contributed by atoms with Gasteiger partial charge in [-0.25, -0.2) is 4.98 Å². The summed E-state index contributed by atoms with van der Waals surface area (Å²) in [5.74, 6) is 0.340. The lowest BCUT2D eigenvalue weighted by Crippen LogP contribution is -2.11. The molecule has 0 spiro atoms. The highest BCUT2D eigenvalue weighted by Crippen LogP contribution is 2.28. The molecule has 100 valence electrons. The van der Waals surface area contributed by atoms with E-state index >= 15 is 0 Å². The second-order valence-corrected chi connectivity index (χ2v) is 4.89. The SMILES string of the molecule is CC(C)Cc1cc(=O)[nH]c(-c2ccc(O)c(O)c2)n1. The number of phenolic OH excluding ortho intramolecular Hbond substituents is 2. The predicted octanol–water partition coefficient (Wildman–Crippen LogP) is 2.05. The summed E-state index contributed by atoms with van der Waals surface area (Å²) in [6.45, 7) is 4.10. The zero-order chi connectivity index (χ0) is 14.0. The monoisotopic (exact) mass is 260 g/mol. The van der Waals surface area contributed by atoms with E-state index in [0.29, 0.717) is 29.4 Å². The van der Waals surface area contributed by atoms with E-state index in [1.165, 1.54) is 18.2 Å². The first-order valence-corrected chi connectivity index (χ1v) is 6.08. The normalized spacial score (nSPS) is 10.9. The summed E-state index contributed by atoms with van der Waals surface area (Å²) in [6, 6.07) is 5.79. The Hall–Kier alpha value is -2.30. The van der Waals surface area contributed by atoms with E-state index in [2.05, 4.69) is 23.8 Å².